The van der Waals surface area contributed by atoms with Crippen molar-refractivity contribution < 1.29 is 9.18 Å². The van der Waals surface area contributed by atoms with Crippen molar-refractivity contribution in [1.29, 1.82) is 0 Å². The van der Waals surface area contributed by atoms with Crippen molar-refractivity contribution in [3.05, 3.63) is 28.5 Å². The molecule has 0 spiro atoms. The smallest absolute Gasteiger partial charge is 0.246 e. The molecule has 0 aromatic heterocycles. The molecule has 1 atom stereocenters. The van der Waals surface area contributed by atoms with Gasteiger partial charge in [-0.3, -0.25) is 4.79 Å². The van der Waals surface area contributed by atoms with Gasteiger partial charge in [0.05, 0.1) is 10.7 Å². The third-order valence-electron chi connectivity index (χ3n) is 2.51. The van der Waals surface area contributed by atoms with Crippen LogP contribution in [0.4, 0.5) is 10.1 Å². The highest BCUT2D eigenvalue weighted by Gasteiger charge is 2.32. The highest BCUT2D eigenvalue weighted by Crippen LogP contribution is 2.37. The molecule has 0 radical (unpaired) electrons. The Morgan fingerprint density at radius 2 is 2.31 bits per heavy atom. The molecule has 16 heavy (non-hydrogen) atoms. The van der Waals surface area contributed by atoms with Gasteiger partial charge in [-0.25, -0.2) is 4.39 Å². The largest absolute Gasteiger partial charge is 0.323 e. The molecule has 2 N–H and O–H groups in total. The van der Waals surface area contributed by atoms with Crippen molar-refractivity contribution in [3.63, 3.8) is 0 Å². The van der Waals surface area contributed by atoms with Gasteiger partial charge in [-0.2, -0.15) is 0 Å². The second-order valence-electron chi connectivity index (χ2n) is 3.73. The Morgan fingerprint density at radius 1 is 1.56 bits per heavy atom. The van der Waals surface area contributed by atoms with Gasteiger partial charge in [0.2, 0.25) is 5.91 Å². The maximum Gasteiger partial charge on any atom is 0.246 e. The fourth-order valence-corrected chi connectivity index (χ4v) is 2.04. The van der Waals surface area contributed by atoms with Crippen molar-refractivity contribution >= 4 is 23.2 Å². The monoisotopic (exact) mass is 242 g/mol. The lowest BCUT2D eigenvalue weighted by Gasteiger charge is -2.10. The quantitative estimate of drug-likeness (QED) is 0.855. The Kier molecular flexibility index (Phi) is 3.12. The lowest BCUT2D eigenvalue weighted by molar-refractivity contribution is -0.117. The minimum Gasteiger partial charge on any atom is -0.323 e. The van der Waals surface area contributed by atoms with Crippen LogP contribution in [0.3, 0.4) is 0 Å². The van der Waals surface area contributed by atoms with Crippen LogP contribution in [-0.4, -0.2) is 12.5 Å². The predicted octanol–water partition coefficient (Wildman–Crippen LogP) is 2.47. The number of hydrogen-bond donors (Lipinski definition) is 2. The fourth-order valence-electron chi connectivity index (χ4n) is 1.78. The Hall–Kier alpha value is -1.13. The van der Waals surface area contributed by atoms with Crippen molar-refractivity contribution in [3.8, 4) is 0 Å². The maximum atomic E-state index is 13.2. The van der Waals surface area contributed by atoms with E-state index in [-0.39, 0.29) is 10.9 Å². The molecular weight excluding hydrogens is 231 g/mol. The van der Waals surface area contributed by atoms with E-state index < -0.39 is 11.9 Å². The molecular formula is C11H12ClFN2O. The summed E-state index contributed by atoms with van der Waals surface area (Å²) < 4.78 is 13.2. The van der Waals surface area contributed by atoms with Crippen molar-refractivity contribution in [2.45, 2.75) is 19.4 Å². The summed E-state index contributed by atoms with van der Waals surface area (Å²) in [5, 5.41) is 5.95. The summed E-state index contributed by atoms with van der Waals surface area (Å²) in [5.41, 5.74) is 1.10. The summed E-state index contributed by atoms with van der Waals surface area (Å²) in [5.74, 6) is -0.612. The van der Waals surface area contributed by atoms with Gasteiger partial charge in [-0.05, 0) is 25.1 Å². The molecule has 0 fully saturated rings. The molecule has 1 aromatic carbocycles. The van der Waals surface area contributed by atoms with Gasteiger partial charge in [-0.1, -0.05) is 18.5 Å². The summed E-state index contributed by atoms with van der Waals surface area (Å²) >= 11 is 5.86. The van der Waals surface area contributed by atoms with E-state index in [1.807, 2.05) is 6.92 Å². The first-order valence-electron chi connectivity index (χ1n) is 5.16. The zero-order chi connectivity index (χ0) is 11.7. The number of rotatable bonds is 3. The van der Waals surface area contributed by atoms with Crippen LogP contribution in [0.5, 0.6) is 0 Å². The first-order chi connectivity index (χ1) is 7.63. The SMILES string of the molecule is CCCNC1C(=O)Nc2c(Cl)cc(F)cc21. The predicted molar refractivity (Wildman–Crippen MR) is 61.1 cm³/mol. The van der Waals surface area contributed by atoms with Gasteiger partial charge >= 0.3 is 0 Å². The summed E-state index contributed by atoms with van der Waals surface area (Å²) in [7, 11) is 0. The highest BCUT2D eigenvalue weighted by molar-refractivity contribution is 6.34. The van der Waals surface area contributed by atoms with Crippen LogP contribution in [0.25, 0.3) is 0 Å². The van der Waals surface area contributed by atoms with E-state index in [9.17, 15) is 9.18 Å². The third kappa shape index (κ3) is 1.90. The summed E-state index contributed by atoms with van der Waals surface area (Å²) in [6, 6.07) is 2.04. The topological polar surface area (TPSA) is 41.1 Å². The molecule has 1 aromatic rings. The van der Waals surface area contributed by atoms with E-state index in [1.54, 1.807) is 0 Å². The van der Waals surface area contributed by atoms with Crippen LogP contribution in [0.2, 0.25) is 5.02 Å². The van der Waals surface area contributed by atoms with Crippen LogP contribution in [0, 0.1) is 5.82 Å². The lowest BCUT2D eigenvalue weighted by atomic mass is 10.1. The number of carbonyl (C=O) groups excluding carboxylic acids is 1. The van der Waals surface area contributed by atoms with Crippen LogP contribution >= 0.6 is 11.6 Å². The first-order valence-corrected chi connectivity index (χ1v) is 5.54. The Bertz CT molecular complexity index is 436. The molecule has 1 aliphatic rings. The Labute approximate surface area is 98.0 Å². The molecule has 86 valence electrons. The third-order valence-corrected chi connectivity index (χ3v) is 2.80. The van der Waals surface area contributed by atoms with Crippen LogP contribution in [0.1, 0.15) is 24.9 Å². The summed E-state index contributed by atoms with van der Waals surface area (Å²) in [4.78, 5) is 11.6. The number of anilines is 1. The minimum absolute atomic E-state index is 0.184. The van der Waals surface area contributed by atoms with Crippen molar-refractivity contribution in [2.24, 2.45) is 0 Å². The highest BCUT2D eigenvalue weighted by atomic mass is 35.5. The standard InChI is InChI=1S/C11H12ClFN2O/c1-2-3-14-10-7-4-6(13)5-8(12)9(7)15-11(10)16/h4-5,10,14H,2-3H2,1H3,(H,15,16). The molecule has 0 saturated heterocycles. The summed E-state index contributed by atoms with van der Waals surface area (Å²) in [6.07, 6.45) is 0.905. The Balaban J connectivity index is 2.36. The molecule has 1 unspecified atom stereocenters. The number of carbonyl (C=O) groups is 1. The van der Waals surface area contributed by atoms with E-state index >= 15 is 0 Å². The van der Waals surface area contributed by atoms with E-state index in [1.165, 1.54) is 12.1 Å². The Morgan fingerprint density at radius 3 is 3.00 bits per heavy atom. The van der Waals surface area contributed by atoms with E-state index in [4.69, 9.17) is 11.6 Å². The van der Waals surface area contributed by atoms with Gasteiger partial charge in [0, 0.05) is 5.56 Å². The number of hydrogen-bond acceptors (Lipinski definition) is 2. The number of amides is 1. The zero-order valence-electron chi connectivity index (χ0n) is 8.81. The maximum absolute atomic E-state index is 13.2. The van der Waals surface area contributed by atoms with Crippen LogP contribution in [0.15, 0.2) is 12.1 Å². The molecule has 5 heteroatoms. The van der Waals surface area contributed by atoms with E-state index in [2.05, 4.69) is 10.6 Å². The lowest BCUT2D eigenvalue weighted by Crippen LogP contribution is -2.28. The number of benzene rings is 1. The normalized spacial score (nSPS) is 18.4. The molecule has 1 heterocycles. The molecule has 0 bridgehead atoms. The molecule has 2 rings (SSSR count). The molecule has 1 amide bonds. The number of nitrogens with one attached hydrogen (secondary N) is 2. The van der Waals surface area contributed by atoms with Gasteiger partial charge in [-0.15, -0.1) is 0 Å². The van der Waals surface area contributed by atoms with Crippen molar-refractivity contribution in [1.82, 2.24) is 5.32 Å². The number of fused-ring (bicyclic) bond motifs is 1. The van der Waals surface area contributed by atoms with Crippen LogP contribution in [-0.2, 0) is 4.79 Å². The average Bonchev–Trinajstić information content (AvgIpc) is 2.53. The fraction of sp³-hybridized carbons (Fsp3) is 0.364. The molecule has 0 aliphatic carbocycles. The summed E-state index contributed by atoms with van der Waals surface area (Å²) in [6.45, 7) is 2.70. The van der Waals surface area contributed by atoms with Crippen LogP contribution < -0.4 is 10.6 Å². The first kappa shape index (κ1) is 11.4. The zero-order valence-corrected chi connectivity index (χ0v) is 9.57. The second kappa shape index (κ2) is 4.39. The molecule has 0 saturated carbocycles. The van der Waals surface area contributed by atoms with Gasteiger partial charge in [0.15, 0.2) is 0 Å². The van der Waals surface area contributed by atoms with Crippen molar-refractivity contribution in [2.75, 3.05) is 11.9 Å². The van der Waals surface area contributed by atoms with E-state index in [0.29, 0.717) is 17.8 Å². The van der Waals surface area contributed by atoms with Gasteiger partial charge < -0.3 is 10.6 Å². The molecule has 3 nitrogen and oxygen atoms in total. The second-order valence-corrected chi connectivity index (χ2v) is 4.14. The minimum atomic E-state index is -0.497. The molecule has 1 aliphatic heterocycles. The average molecular weight is 243 g/mol. The number of halogens is 2. The van der Waals surface area contributed by atoms with Gasteiger partial charge in [0.25, 0.3) is 0 Å². The van der Waals surface area contributed by atoms with E-state index in [0.717, 1.165) is 6.42 Å². The van der Waals surface area contributed by atoms with Gasteiger partial charge in [0.1, 0.15) is 11.9 Å².